The third-order valence-corrected chi connectivity index (χ3v) is 2.09. The maximum atomic E-state index is 10.9. The van der Waals surface area contributed by atoms with Crippen LogP contribution in [0.5, 0.6) is 0 Å². The normalized spacial score (nSPS) is 9.86. The van der Waals surface area contributed by atoms with Crippen LogP contribution in [0.3, 0.4) is 0 Å². The van der Waals surface area contributed by atoms with Crippen molar-refractivity contribution in [3.05, 3.63) is 35.4 Å². The molecule has 0 aliphatic heterocycles. The third kappa shape index (κ3) is 2.85. The second-order valence-electron chi connectivity index (χ2n) is 3.18. The van der Waals surface area contributed by atoms with Gasteiger partial charge in [0, 0.05) is 0 Å². The van der Waals surface area contributed by atoms with Crippen LogP contribution in [0.4, 0.5) is 0 Å². The third-order valence-electron chi connectivity index (χ3n) is 2.09. The zero-order valence-electron chi connectivity index (χ0n) is 8.19. The van der Waals surface area contributed by atoms with Gasteiger partial charge in [-0.1, -0.05) is 25.5 Å². The SMILES string of the molecule is CCCCc1ccc(C(=O)OO)cc1. The number of hydrogen-bond acceptors (Lipinski definition) is 3. The van der Waals surface area contributed by atoms with Gasteiger partial charge in [0.2, 0.25) is 0 Å². The van der Waals surface area contributed by atoms with Crippen molar-refractivity contribution in [1.82, 2.24) is 0 Å². The Bertz CT molecular complexity index is 290. The number of benzene rings is 1. The van der Waals surface area contributed by atoms with Gasteiger partial charge in [-0.25, -0.2) is 4.79 Å². The molecule has 76 valence electrons. The van der Waals surface area contributed by atoms with E-state index in [-0.39, 0.29) is 0 Å². The van der Waals surface area contributed by atoms with E-state index in [9.17, 15) is 4.79 Å². The minimum Gasteiger partial charge on any atom is -0.296 e. The van der Waals surface area contributed by atoms with Crippen LogP contribution in [0.25, 0.3) is 0 Å². The number of aryl methyl sites for hydroxylation is 1. The average Bonchev–Trinajstić information content (AvgIpc) is 2.26. The minimum atomic E-state index is -0.716. The van der Waals surface area contributed by atoms with Crippen LogP contribution < -0.4 is 0 Å². The molecule has 1 aromatic carbocycles. The van der Waals surface area contributed by atoms with Gasteiger partial charge in [-0.3, -0.25) is 4.89 Å². The Kier molecular flexibility index (Phi) is 4.13. The van der Waals surface area contributed by atoms with Gasteiger partial charge < -0.3 is 0 Å². The molecule has 1 N–H and O–H groups in total. The van der Waals surface area contributed by atoms with E-state index in [1.54, 1.807) is 12.1 Å². The Balaban J connectivity index is 2.63. The molecule has 3 nitrogen and oxygen atoms in total. The second kappa shape index (κ2) is 5.40. The molecule has 0 aromatic heterocycles. The van der Waals surface area contributed by atoms with Crippen molar-refractivity contribution in [3.8, 4) is 0 Å². The van der Waals surface area contributed by atoms with Crippen LogP contribution in [0.15, 0.2) is 24.3 Å². The Morgan fingerprint density at radius 1 is 1.36 bits per heavy atom. The van der Waals surface area contributed by atoms with E-state index in [4.69, 9.17) is 5.26 Å². The highest BCUT2D eigenvalue weighted by atomic mass is 17.1. The summed E-state index contributed by atoms with van der Waals surface area (Å²) < 4.78 is 0. The van der Waals surface area contributed by atoms with E-state index in [0.29, 0.717) is 5.56 Å². The van der Waals surface area contributed by atoms with Gasteiger partial charge >= 0.3 is 5.97 Å². The first-order valence-electron chi connectivity index (χ1n) is 4.72. The molecule has 0 saturated heterocycles. The van der Waals surface area contributed by atoms with Gasteiger partial charge in [-0.05, 0) is 30.5 Å². The van der Waals surface area contributed by atoms with Crippen LogP contribution in [0, 0.1) is 0 Å². The summed E-state index contributed by atoms with van der Waals surface area (Å²) in [4.78, 5) is 14.5. The van der Waals surface area contributed by atoms with Gasteiger partial charge in [0.25, 0.3) is 0 Å². The molecule has 0 amide bonds. The minimum absolute atomic E-state index is 0.368. The summed E-state index contributed by atoms with van der Waals surface area (Å²) in [5, 5.41) is 8.15. The molecular weight excluding hydrogens is 180 g/mol. The molecule has 14 heavy (non-hydrogen) atoms. The van der Waals surface area contributed by atoms with Crippen LogP contribution in [0.2, 0.25) is 0 Å². The monoisotopic (exact) mass is 194 g/mol. The van der Waals surface area contributed by atoms with E-state index >= 15 is 0 Å². The largest absolute Gasteiger partial charge is 0.372 e. The summed E-state index contributed by atoms with van der Waals surface area (Å²) in [5.74, 6) is -0.716. The van der Waals surface area contributed by atoms with Crippen LogP contribution in [-0.2, 0) is 11.3 Å². The van der Waals surface area contributed by atoms with Crippen molar-refractivity contribution in [2.45, 2.75) is 26.2 Å². The van der Waals surface area contributed by atoms with Crippen molar-refractivity contribution in [2.24, 2.45) is 0 Å². The topological polar surface area (TPSA) is 46.5 Å². The highest BCUT2D eigenvalue weighted by Gasteiger charge is 2.05. The molecule has 0 bridgehead atoms. The van der Waals surface area contributed by atoms with E-state index < -0.39 is 5.97 Å². The zero-order valence-corrected chi connectivity index (χ0v) is 8.19. The molecule has 0 aliphatic carbocycles. The van der Waals surface area contributed by atoms with E-state index in [0.717, 1.165) is 19.3 Å². The molecule has 1 aromatic rings. The number of hydrogen-bond donors (Lipinski definition) is 1. The molecular formula is C11H14O3. The second-order valence-corrected chi connectivity index (χ2v) is 3.18. The molecule has 0 radical (unpaired) electrons. The van der Waals surface area contributed by atoms with Crippen molar-refractivity contribution in [3.63, 3.8) is 0 Å². The first-order valence-corrected chi connectivity index (χ1v) is 4.72. The lowest BCUT2D eigenvalue weighted by molar-refractivity contribution is -0.182. The average molecular weight is 194 g/mol. The van der Waals surface area contributed by atoms with E-state index in [2.05, 4.69) is 11.8 Å². The standard InChI is InChI=1S/C11H14O3/c1-2-3-4-9-5-7-10(8-6-9)11(12)14-13/h5-8,13H,2-4H2,1H3. The Labute approximate surface area is 83.3 Å². The molecule has 0 heterocycles. The maximum Gasteiger partial charge on any atom is 0.372 e. The lowest BCUT2D eigenvalue weighted by Gasteiger charge is -2.00. The Hall–Kier alpha value is -1.35. The number of rotatable bonds is 4. The molecule has 0 aliphatic rings. The maximum absolute atomic E-state index is 10.9. The predicted molar refractivity (Wildman–Crippen MR) is 53.1 cm³/mol. The lowest BCUT2D eigenvalue weighted by Crippen LogP contribution is -2.01. The molecule has 0 unspecified atom stereocenters. The van der Waals surface area contributed by atoms with E-state index in [1.807, 2.05) is 12.1 Å². The molecule has 0 fully saturated rings. The van der Waals surface area contributed by atoms with Gasteiger partial charge in [-0.15, -0.1) is 0 Å². The Morgan fingerprint density at radius 3 is 2.50 bits per heavy atom. The van der Waals surface area contributed by atoms with Gasteiger partial charge in [0.05, 0.1) is 5.56 Å². The van der Waals surface area contributed by atoms with Gasteiger partial charge in [-0.2, -0.15) is 5.26 Å². The first kappa shape index (κ1) is 10.7. The van der Waals surface area contributed by atoms with Crippen molar-refractivity contribution in [2.75, 3.05) is 0 Å². The highest BCUT2D eigenvalue weighted by Crippen LogP contribution is 2.08. The number of unbranched alkanes of at least 4 members (excludes halogenated alkanes) is 1. The summed E-state index contributed by atoms with van der Waals surface area (Å²) in [5.41, 5.74) is 1.56. The Morgan fingerprint density at radius 2 is 2.00 bits per heavy atom. The van der Waals surface area contributed by atoms with Crippen molar-refractivity contribution >= 4 is 5.97 Å². The number of carbonyl (C=O) groups is 1. The highest BCUT2D eigenvalue weighted by molar-refractivity contribution is 5.88. The molecule has 0 spiro atoms. The quantitative estimate of drug-likeness (QED) is 0.592. The van der Waals surface area contributed by atoms with Crippen LogP contribution in [0.1, 0.15) is 35.7 Å². The zero-order chi connectivity index (χ0) is 10.4. The smallest absolute Gasteiger partial charge is 0.296 e. The lowest BCUT2D eigenvalue weighted by atomic mass is 10.1. The van der Waals surface area contributed by atoms with E-state index in [1.165, 1.54) is 5.56 Å². The fraction of sp³-hybridized carbons (Fsp3) is 0.364. The summed E-state index contributed by atoms with van der Waals surface area (Å²) in [6, 6.07) is 7.07. The van der Waals surface area contributed by atoms with Gasteiger partial charge in [0.15, 0.2) is 0 Å². The molecule has 0 saturated carbocycles. The predicted octanol–water partition coefficient (Wildman–Crippen LogP) is 2.66. The first-order chi connectivity index (χ1) is 6.77. The summed E-state index contributed by atoms with van der Waals surface area (Å²) in [6.07, 6.45) is 3.31. The number of carbonyl (C=O) groups excluding carboxylic acids is 1. The van der Waals surface area contributed by atoms with Crippen molar-refractivity contribution < 1.29 is 14.9 Å². The fourth-order valence-corrected chi connectivity index (χ4v) is 1.24. The summed E-state index contributed by atoms with van der Waals surface area (Å²) in [7, 11) is 0. The molecule has 1 rings (SSSR count). The van der Waals surface area contributed by atoms with Crippen LogP contribution >= 0.6 is 0 Å². The van der Waals surface area contributed by atoms with Crippen molar-refractivity contribution in [1.29, 1.82) is 0 Å². The molecule has 0 atom stereocenters. The molecule has 3 heteroatoms. The fourth-order valence-electron chi connectivity index (χ4n) is 1.24. The summed E-state index contributed by atoms with van der Waals surface area (Å²) >= 11 is 0. The summed E-state index contributed by atoms with van der Waals surface area (Å²) in [6.45, 7) is 2.14. The van der Waals surface area contributed by atoms with Crippen LogP contribution in [-0.4, -0.2) is 11.2 Å². The van der Waals surface area contributed by atoms with Gasteiger partial charge in [0.1, 0.15) is 0 Å².